The van der Waals surface area contributed by atoms with Crippen LogP contribution in [-0.4, -0.2) is 23.1 Å². The van der Waals surface area contributed by atoms with E-state index in [0.29, 0.717) is 10.6 Å². The number of aromatic carboxylic acids is 1. The van der Waals surface area contributed by atoms with Gasteiger partial charge in [-0.25, -0.2) is 9.59 Å². The number of carbonyl (C=O) groups is 2. The van der Waals surface area contributed by atoms with Crippen molar-refractivity contribution in [2.24, 2.45) is 0 Å². The fraction of sp³-hybridized carbons (Fsp3) is 0.500. The Morgan fingerprint density at radius 2 is 2.00 bits per heavy atom. The van der Waals surface area contributed by atoms with Crippen molar-refractivity contribution < 1.29 is 14.7 Å². The van der Waals surface area contributed by atoms with Gasteiger partial charge in [-0.2, -0.15) is 0 Å². The van der Waals surface area contributed by atoms with Crippen molar-refractivity contribution in [1.82, 2.24) is 5.32 Å². The van der Waals surface area contributed by atoms with Crippen LogP contribution in [0.25, 0.3) is 0 Å². The number of thiophene rings is 1. The van der Waals surface area contributed by atoms with Crippen LogP contribution in [0.2, 0.25) is 0 Å². The van der Waals surface area contributed by atoms with Crippen LogP contribution in [0.4, 0.5) is 9.80 Å². The number of amides is 2. The summed E-state index contributed by atoms with van der Waals surface area (Å²) in [6, 6.07) is -0.0797. The van der Waals surface area contributed by atoms with E-state index in [-0.39, 0.29) is 17.6 Å². The maximum atomic E-state index is 11.7. The molecule has 0 spiro atoms. The van der Waals surface area contributed by atoms with E-state index in [1.807, 2.05) is 6.92 Å². The Hall–Kier alpha value is -1.56. The molecule has 1 aliphatic rings. The van der Waals surface area contributed by atoms with Gasteiger partial charge in [-0.1, -0.05) is 0 Å². The molecule has 6 heteroatoms. The number of anilines is 1. The summed E-state index contributed by atoms with van der Waals surface area (Å²) in [5.74, 6) is -1.00. The lowest BCUT2D eigenvalue weighted by atomic mass is 9.93. The SMILES string of the molecule is Cc1sc(NC(=O)NC2CCC2)c(C(=O)O)c1C. The van der Waals surface area contributed by atoms with E-state index in [1.165, 1.54) is 11.3 Å². The van der Waals surface area contributed by atoms with Crippen LogP contribution in [0, 0.1) is 13.8 Å². The first-order valence-electron chi connectivity index (χ1n) is 5.90. The molecule has 0 saturated heterocycles. The molecule has 1 fully saturated rings. The standard InChI is InChI=1S/C12H16N2O3S/c1-6-7(2)18-10(9(6)11(15)16)14-12(17)13-8-4-3-5-8/h8H,3-5H2,1-2H3,(H,15,16)(H2,13,14,17). The van der Waals surface area contributed by atoms with Crippen LogP contribution in [0.3, 0.4) is 0 Å². The van der Waals surface area contributed by atoms with E-state index in [0.717, 1.165) is 24.1 Å². The molecule has 98 valence electrons. The number of nitrogens with one attached hydrogen (secondary N) is 2. The normalized spacial score (nSPS) is 15.0. The molecule has 1 saturated carbocycles. The van der Waals surface area contributed by atoms with Gasteiger partial charge < -0.3 is 10.4 Å². The Morgan fingerprint density at radius 3 is 2.50 bits per heavy atom. The summed E-state index contributed by atoms with van der Waals surface area (Å²) in [5.41, 5.74) is 0.910. The summed E-state index contributed by atoms with van der Waals surface area (Å²) >= 11 is 1.30. The zero-order valence-electron chi connectivity index (χ0n) is 10.4. The summed E-state index contributed by atoms with van der Waals surface area (Å²) in [7, 11) is 0. The Morgan fingerprint density at radius 1 is 1.33 bits per heavy atom. The maximum absolute atomic E-state index is 11.7. The number of carbonyl (C=O) groups excluding carboxylic acids is 1. The van der Waals surface area contributed by atoms with E-state index < -0.39 is 5.97 Å². The molecule has 5 nitrogen and oxygen atoms in total. The monoisotopic (exact) mass is 268 g/mol. The summed E-state index contributed by atoms with van der Waals surface area (Å²) in [6.45, 7) is 3.60. The van der Waals surface area contributed by atoms with Crippen molar-refractivity contribution in [3.63, 3.8) is 0 Å². The third kappa shape index (κ3) is 2.48. The lowest BCUT2D eigenvalue weighted by molar-refractivity contribution is 0.0697. The molecule has 1 heterocycles. The minimum Gasteiger partial charge on any atom is -0.478 e. The molecular weight excluding hydrogens is 252 g/mol. The van der Waals surface area contributed by atoms with Gasteiger partial charge in [0.1, 0.15) is 5.00 Å². The Kier molecular flexibility index (Phi) is 3.56. The van der Waals surface area contributed by atoms with E-state index in [1.54, 1.807) is 6.92 Å². The van der Waals surface area contributed by atoms with Crippen molar-refractivity contribution in [2.75, 3.05) is 5.32 Å². The number of rotatable bonds is 3. The molecule has 0 unspecified atom stereocenters. The van der Waals surface area contributed by atoms with E-state index in [4.69, 9.17) is 5.11 Å². The Labute approximate surface area is 109 Å². The highest BCUT2D eigenvalue weighted by Crippen LogP contribution is 2.32. The first kappa shape index (κ1) is 12.9. The molecule has 0 aromatic carbocycles. The van der Waals surface area contributed by atoms with Gasteiger partial charge in [0, 0.05) is 10.9 Å². The lowest BCUT2D eigenvalue weighted by Gasteiger charge is -2.26. The smallest absolute Gasteiger partial charge is 0.338 e. The highest BCUT2D eigenvalue weighted by molar-refractivity contribution is 7.16. The second-order valence-corrected chi connectivity index (χ2v) is 5.74. The van der Waals surface area contributed by atoms with Crippen LogP contribution in [0.15, 0.2) is 0 Å². The summed E-state index contributed by atoms with van der Waals surface area (Å²) in [4.78, 5) is 23.8. The zero-order valence-corrected chi connectivity index (χ0v) is 11.2. The van der Waals surface area contributed by atoms with Crippen molar-refractivity contribution >= 4 is 28.3 Å². The molecule has 3 N–H and O–H groups in total. The molecule has 0 bridgehead atoms. The van der Waals surface area contributed by atoms with Crippen molar-refractivity contribution in [2.45, 2.75) is 39.2 Å². The average Bonchev–Trinajstić information content (AvgIpc) is 2.48. The predicted molar refractivity (Wildman–Crippen MR) is 70.5 cm³/mol. The van der Waals surface area contributed by atoms with E-state index in [9.17, 15) is 9.59 Å². The first-order chi connectivity index (χ1) is 8.49. The number of aryl methyl sites for hydroxylation is 1. The summed E-state index contributed by atoms with van der Waals surface area (Å²) in [6.07, 6.45) is 3.14. The first-order valence-corrected chi connectivity index (χ1v) is 6.71. The zero-order chi connectivity index (χ0) is 13.3. The molecule has 1 aromatic heterocycles. The quantitative estimate of drug-likeness (QED) is 0.788. The van der Waals surface area contributed by atoms with Crippen LogP contribution >= 0.6 is 11.3 Å². The van der Waals surface area contributed by atoms with E-state index >= 15 is 0 Å². The van der Waals surface area contributed by atoms with Gasteiger partial charge in [-0.15, -0.1) is 11.3 Å². The van der Waals surface area contributed by atoms with Gasteiger partial charge in [-0.05, 0) is 38.7 Å². The van der Waals surface area contributed by atoms with Gasteiger partial charge >= 0.3 is 12.0 Å². The fourth-order valence-corrected chi connectivity index (χ4v) is 2.90. The van der Waals surface area contributed by atoms with Gasteiger partial charge in [0.05, 0.1) is 5.56 Å². The predicted octanol–water partition coefficient (Wildman–Crippen LogP) is 2.74. The topological polar surface area (TPSA) is 78.4 Å². The molecule has 2 amide bonds. The molecule has 0 radical (unpaired) electrons. The number of carboxylic acid groups (broad SMARTS) is 1. The summed E-state index contributed by atoms with van der Waals surface area (Å²) in [5, 5.41) is 15.0. The van der Waals surface area contributed by atoms with Gasteiger partial charge in [0.15, 0.2) is 0 Å². The Bertz CT molecular complexity index is 492. The van der Waals surface area contributed by atoms with Crippen LogP contribution < -0.4 is 10.6 Å². The second kappa shape index (κ2) is 4.97. The van der Waals surface area contributed by atoms with Gasteiger partial charge in [-0.3, -0.25) is 5.32 Å². The van der Waals surface area contributed by atoms with Gasteiger partial charge in [0.2, 0.25) is 0 Å². The molecule has 1 aromatic rings. The number of carboxylic acids is 1. The third-order valence-corrected chi connectivity index (χ3v) is 4.39. The maximum Gasteiger partial charge on any atom is 0.338 e. The average molecular weight is 268 g/mol. The largest absolute Gasteiger partial charge is 0.478 e. The summed E-state index contributed by atoms with van der Waals surface area (Å²) < 4.78 is 0. The third-order valence-electron chi connectivity index (χ3n) is 3.27. The number of hydrogen-bond acceptors (Lipinski definition) is 3. The van der Waals surface area contributed by atoms with Crippen LogP contribution in [0.1, 0.15) is 40.1 Å². The van der Waals surface area contributed by atoms with Crippen LogP contribution in [0.5, 0.6) is 0 Å². The lowest BCUT2D eigenvalue weighted by Crippen LogP contribution is -2.41. The molecule has 0 aliphatic heterocycles. The van der Waals surface area contributed by atoms with E-state index in [2.05, 4.69) is 10.6 Å². The fourth-order valence-electron chi connectivity index (χ4n) is 1.85. The molecular formula is C12H16N2O3S. The molecule has 2 rings (SSSR count). The van der Waals surface area contributed by atoms with Crippen molar-refractivity contribution in [3.8, 4) is 0 Å². The number of hydrogen-bond donors (Lipinski definition) is 3. The molecule has 1 aliphatic carbocycles. The highest BCUT2D eigenvalue weighted by Gasteiger charge is 2.23. The number of urea groups is 1. The Balaban J connectivity index is 2.10. The molecule has 18 heavy (non-hydrogen) atoms. The van der Waals surface area contributed by atoms with Crippen LogP contribution in [-0.2, 0) is 0 Å². The minimum atomic E-state index is -1.00. The second-order valence-electron chi connectivity index (χ2n) is 4.52. The van der Waals surface area contributed by atoms with Crippen molar-refractivity contribution in [1.29, 1.82) is 0 Å². The highest BCUT2D eigenvalue weighted by atomic mass is 32.1. The van der Waals surface area contributed by atoms with Gasteiger partial charge in [0.25, 0.3) is 0 Å². The molecule has 0 atom stereocenters. The van der Waals surface area contributed by atoms with Crippen molar-refractivity contribution in [3.05, 3.63) is 16.0 Å². The minimum absolute atomic E-state index is 0.196.